The van der Waals surface area contributed by atoms with Crippen molar-refractivity contribution in [2.24, 2.45) is 5.73 Å². The van der Waals surface area contributed by atoms with Crippen LogP contribution in [0.1, 0.15) is 12.0 Å². The summed E-state index contributed by atoms with van der Waals surface area (Å²) in [6, 6.07) is 13.3. The zero-order valence-electron chi connectivity index (χ0n) is 14.4. The fraction of sp³-hybridized carbons (Fsp3) is 0.222. The number of rotatable bonds is 10. The molecule has 9 heteroatoms. The average Bonchev–Trinajstić information content (AvgIpc) is 2.60. The lowest BCUT2D eigenvalue weighted by Gasteiger charge is -2.21. The van der Waals surface area contributed by atoms with Crippen LogP contribution in [0.3, 0.4) is 0 Å². The Morgan fingerprint density at radius 2 is 1.63 bits per heavy atom. The van der Waals surface area contributed by atoms with E-state index in [-0.39, 0.29) is 24.8 Å². The number of carboxylic acids is 2. The fourth-order valence-electron chi connectivity index (χ4n) is 2.22. The maximum atomic E-state index is 13.2. The second-order valence-electron chi connectivity index (χ2n) is 5.78. The molecular formula is C18H20NO7P. The van der Waals surface area contributed by atoms with Crippen molar-refractivity contribution in [1.29, 1.82) is 0 Å². The second kappa shape index (κ2) is 9.21. The third kappa shape index (κ3) is 6.77. The molecule has 2 atom stereocenters. The van der Waals surface area contributed by atoms with E-state index in [0.717, 1.165) is 0 Å². The first-order valence-corrected chi connectivity index (χ1v) is 9.82. The Morgan fingerprint density at radius 3 is 2.26 bits per heavy atom. The lowest BCUT2D eigenvalue weighted by molar-refractivity contribution is -0.138. The van der Waals surface area contributed by atoms with Gasteiger partial charge in [0.05, 0.1) is 12.6 Å². The van der Waals surface area contributed by atoms with Gasteiger partial charge in [-0.15, -0.1) is 0 Å². The Morgan fingerprint density at radius 1 is 1.00 bits per heavy atom. The number of hydrogen-bond donors (Lipinski definition) is 3. The first-order valence-electron chi connectivity index (χ1n) is 8.10. The Hall–Kier alpha value is -2.83. The van der Waals surface area contributed by atoms with Crippen LogP contribution >= 0.6 is 7.60 Å². The van der Waals surface area contributed by atoms with Gasteiger partial charge in [-0.1, -0.05) is 30.3 Å². The Labute approximate surface area is 156 Å². The molecule has 27 heavy (non-hydrogen) atoms. The quantitative estimate of drug-likeness (QED) is 0.524. The lowest BCUT2D eigenvalue weighted by Crippen LogP contribution is -2.31. The van der Waals surface area contributed by atoms with Crippen molar-refractivity contribution < 1.29 is 33.4 Å². The highest BCUT2D eigenvalue weighted by atomic mass is 31.2. The van der Waals surface area contributed by atoms with Crippen molar-refractivity contribution in [2.45, 2.75) is 18.9 Å². The van der Waals surface area contributed by atoms with Gasteiger partial charge in [-0.3, -0.25) is 9.59 Å². The second-order valence-corrected chi connectivity index (χ2v) is 7.82. The highest BCUT2D eigenvalue weighted by Crippen LogP contribution is 2.49. The van der Waals surface area contributed by atoms with E-state index >= 15 is 0 Å². The zero-order valence-corrected chi connectivity index (χ0v) is 15.2. The Kier molecular flexibility index (Phi) is 6.98. The van der Waals surface area contributed by atoms with Crippen LogP contribution in [0.4, 0.5) is 0 Å². The van der Waals surface area contributed by atoms with Crippen LogP contribution in [0, 0.1) is 0 Å². The fourth-order valence-corrected chi connectivity index (χ4v) is 3.91. The molecule has 8 nitrogen and oxygen atoms in total. The molecule has 0 radical (unpaired) electrons. The lowest BCUT2D eigenvalue weighted by atomic mass is 10.1. The molecule has 0 spiro atoms. The molecule has 144 valence electrons. The SMILES string of the molecule is NC(CCP(=O)(Oc1ccccc1)Oc1cccc(CC(=O)O)c1)C(=O)O. The van der Waals surface area contributed by atoms with Gasteiger partial charge in [0, 0.05) is 0 Å². The molecule has 2 aromatic carbocycles. The molecule has 0 fully saturated rings. The van der Waals surface area contributed by atoms with Crippen molar-refractivity contribution >= 4 is 19.5 Å². The van der Waals surface area contributed by atoms with Crippen molar-refractivity contribution in [3.05, 3.63) is 60.2 Å². The molecule has 0 amide bonds. The highest BCUT2D eigenvalue weighted by molar-refractivity contribution is 7.54. The van der Waals surface area contributed by atoms with Gasteiger partial charge in [0.25, 0.3) is 0 Å². The standard InChI is InChI=1S/C18H20NO7P/c19-16(18(22)23)9-10-27(24,25-14-6-2-1-3-7-14)26-15-8-4-5-13(11-15)12-17(20)21/h1-8,11,16H,9-10,12,19H2,(H,20,21)(H,22,23). The van der Waals surface area contributed by atoms with E-state index in [1.54, 1.807) is 42.5 Å². The van der Waals surface area contributed by atoms with Gasteiger partial charge in [-0.2, -0.15) is 0 Å². The molecule has 2 unspecified atom stereocenters. The largest absolute Gasteiger partial charge is 0.481 e. The van der Waals surface area contributed by atoms with E-state index in [1.165, 1.54) is 12.1 Å². The Balaban J connectivity index is 2.22. The first kappa shape index (κ1) is 20.5. The van der Waals surface area contributed by atoms with E-state index in [1.807, 2.05) is 0 Å². The molecular weight excluding hydrogens is 373 g/mol. The van der Waals surface area contributed by atoms with Crippen LogP contribution in [0.15, 0.2) is 54.6 Å². The predicted octanol–water partition coefficient (Wildman–Crippen LogP) is 2.77. The minimum absolute atomic E-state index is 0.117. The molecule has 2 aromatic rings. The summed E-state index contributed by atoms with van der Waals surface area (Å²) >= 11 is 0. The summed E-state index contributed by atoms with van der Waals surface area (Å²) in [5, 5.41) is 17.8. The summed E-state index contributed by atoms with van der Waals surface area (Å²) < 4.78 is 24.3. The minimum atomic E-state index is -3.80. The number of benzene rings is 2. The topological polar surface area (TPSA) is 136 Å². The van der Waals surface area contributed by atoms with Crippen LogP contribution in [-0.4, -0.2) is 34.4 Å². The zero-order chi connectivity index (χ0) is 19.9. The maximum absolute atomic E-state index is 13.2. The summed E-state index contributed by atoms with van der Waals surface area (Å²) in [4.78, 5) is 21.8. The van der Waals surface area contributed by atoms with Crippen LogP contribution in [0.5, 0.6) is 11.5 Å². The number of nitrogens with two attached hydrogens (primary N) is 1. The molecule has 0 saturated heterocycles. The van der Waals surface area contributed by atoms with Gasteiger partial charge >= 0.3 is 19.5 Å². The van der Waals surface area contributed by atoms with Crippen LogP contribution in [0.25, 0.3) is 0 Å². The summed E-state index contributed by atoms with van der Waals surface area (Å²) in [6.07, 6.45) is -0.558. The third-order valence-electron chi connectivity index (χ3n) is 3.52. The predicted molar refractivity (Wildman–Crippen MR) is 98.2 cm³/mol. The molecule has 0 aliphatic carbocycles. The van der Waals surface area contributed by atoms with Crippen LogP contribution in [-0.2, 0) is 20.6 Å². The number of para-hydroxylation sites is 1. The van der Waals surface area contributed by atoms with E-state index < -0.39 is 25.6 Å². The molecule has 0 heterocycles. The van der Waals surface area contributed by atoms with Gasteiger partial charge in [0.1, 0.15) is 17.5 Å². The molecule has 0 aliphatic heterocycles. The minimum Gasteiger partial charge on any atom is -0.481 e. The van der Waals surface area contributed by atoms with Crippen LogP contribution < -0.4 is 14.8 Å². The highest BCUT2D eigenvalue weighted by Gasteiger charge is 2.30. The van der Waals surface area contributed by atoms with Crippen molar-refractivity contribution in [1.82, 2.24) is 0 Å². The molecule has 2 rings (SSSR count). The Bertz CT molecular complexity index is 841. The third-order valence-corrected chi connectivity index (χ3v) is 5.30. The average molecular weight is 393 g/mol. The van der Waals surface area contributed by atoms with Gasteiger partial charge in [0.2, 0.25) is 0 Å². The van der Waals surface area contributed by atoms with Gasteiger partial charge in [0.15, 0.2) is 0 Å². The number of carbonyl (C=O) groups is 2. The first-order chi connectivity index (χ1) is 12.8. The van der Waals surface area contributed by atoms with E-state index in [0.29, 0.717) is 11.3 Å². The molecule has 0 aliphatic rings. The molecule has 0 aromatic heterocycles. The summed E-state index contributed by atoms with van der Waals surface area (Å²) in [7, 11) is -3.80. The maximum Gasteiger partial charge on any atom is 0.430 e. The monoisotopic (exact) mass is 393 g/mol. The molecule has 0 bridgehead atoms. The van der Waals surface area contributed by atoms with E-state index in [2.05, 4.69) is 0 Å². The van der Waals surface area contributed by atoms with Crippen molar-refractivity contribution in [2.75, 3.05) is 6.16 Å². The van der Waals surface area contributed by atoms with E-state index in [9.17, 15) is 14.2 Å². The van der Waals surface area contributed by atoms with Crippen molar-refractivity contribution in [3.63, 3.8) is 0 Å². The summed E-state index contributed by atoms with van der Waals surface area (Å²) in [5.41, 5.74) is 5.96. The van der Waals surface area contributed by atoms with Crippen molar-refractivity contribution in [3.8, 4) is 11.5 Å². The van der Waals surface area contributed by atoms with Gasteiger partial charge in [-0.05, 0) is 36.2 Å². The molecule has 0 saturated carbocycles. The van der Waals surface area contributed by atoms with Gasteiger partial charge < -0.3 is 25.0 Å². The van der Waals surface area contributed by atoms with E-state index in [4.69, 9.17) is 25.0 Å². The van der Waals surface area contributed by atoms with Gasteiger partial charge in [-0.25, -0.2) is 4.57 Å². The van der Waals surface area contributed by atoms with Crippen LogP contribution in [0.2, 0.25) is 0 Å². The number of hydrogen-bond acceptors (Lipinski definition) is 6. The summed E-state index contributed by atoms with van der Waals surface area (Å²) in [5.74, 6) is -1.77. The number of carboxylic acid groups (broad SMARTS) is 2. The number of aliphatic carboxylic acids is 2. The summed E-state index contributed by atoms with van der Waals surface area (Å²) in [6.45, 7) is 0. The normalized spacial score (nSPS) is 14.0. The molecule has 4 N–H and O–H groups in total. The smallest absolute Gasteiger partial charge is 0.430 e.